The first-order chi connectivity index (χ1) is 16.4. The van der Waals surface area contributed by atoms with Gasteiger partial charge in [-0.3, -0.25) is 9.88 Å². The molecule has 0 radical (unpaired) electrons. The van der Waals surface area contributed by atoms with E-state index >= 15 is 0 Å². The first kappa shape index (κ1) is 24.3. The minimum absolute atomic E-state index is 0.0900. The van der Waals surface area contributed by atoms with Crippen molar-refractivity contribution >= 4 is 17.3 Å². The number of nitrogens with zero attached hydrogens (tertiary/aromatic N) is 3. The number of aromatic nitrogens is 1. The lowest BCUT2D eigenvalue weighted by molar-refractivity contribution is 0.0974. The first-order valence-electron chi connectivity index (χ1n) is 11.0. The van der Waals surface area contributed by atoms with E-state index in [2.05, 4.69) is 14.8 Å². The van der Waals surface area contributed by atoms with Gasteiger partial charge in [-0.1, -0.05) is 23.7 Å². The number of hydrogen-bond acceptors (Lipinski definition) is 6. The van der Waals surface area contributed by atoms with Gasteiger partial charge in [-0.15, -0.1) is 0 Å². The van der Waals surface area contributed by atoms with E-state index < -0.39 is 11.9 Å². The first-order valence-corrected chi connectivity index (χ1v) is 11.4. The van der Waals surface area contributed by atoms with E-state index in [-0.39, 0.29) is 25.1 Å². The average Bonchev–Trinajstić information content (AvgIpc) is 2.84. The number of β-amino-alcohol motifs (C(OH)–C–C–N with tert-alkyl or cyclic N) is 1. The molecule has 0 saturated carbocycles. The highest BCUT2D eigenvalue weighted by Gasteiger charge is 2.31. The van der Waals surface area contributed by atoms with E-state index in [0.717, 1.165) is 17.4 Å². The Kier molecular flexibility index (Phi) is 7.95. The van der Waals surface area contributed by atoms with Gasteiger partial charge >= 0.3 is 0 Å². The van der Waals surface area contributed by atoms with Crippen molar-refractivity contribution in [3.05, 3.63) is 88.7 Å². The Morgan fingerprint density at radius 2 is 1.82 bits per heavy atom. The van der Waals surface area contributed by atoms with E-state index in [9.17, 15) is 13.9 Å². The fraction of sp³-hybridized carbons (Fsp3) is 0.320. The average molecular weight is 490 g/mol. The second kappa shape index (κ2) is 11.1. The Morgan fingerprint density at radius 3 is 2.50 bits per heavy atom. The van der Waals surface area contributed by atoms with Gasteiger partial charge in [-0.25, -0.2) is 8.78 Å². The molecule has 0 amide bonds. The van der Waals surface area contributed by atoms with Crippen LogP contribution in [0.3, 0.4) is 0 Å². The number of anilines is 1. The summed E-state index contributed by atoms with van der Waals surface area (Å²) in [6, 6.07) is 14.4. The van der Waals surface area contributed by atoms with Crippen LogP contribution in [0.1, 0.15) is 23.4 Å². The number of benzene rings is 2. The summed E-state index contributed by atoms with van der Waals surface area (Å²) in [5.41, 5.74) is 2.13. The molecule has 180 valence electrons. The maximum atomic E-state index is 13.6. The molecule has 2 aromatic carbocycles. The topological polar surface area (TPSA) is 69.1 Å². The molecule has 4 rings (SSSR count). The molecule has 34 heavy (non-hydrogen) atoms. The maximum Gasteiger partial charge on any atom is 0.141 e. The fourth-order valence-electron chi connectivity index (χ4n) is 4.16. The quantitative estimate of drug-likeness (QED) is 0.499. The molecule has 0 aliphatic carbocycles. The van der Waals surface area contributed by atoms with E-state index in [1.807, 2.05) is 6.07 Å². The van der Waals surface area contributed by atoms with Crippen LogP contribution in [0, 0.1) is 11.6 Å². The van der Waals surface area contributed by atoms with Crippen LogP contribution < -0.4 is 9.64 Å². The number of rotatable bonds is 8. The molecule has 6 nitrogen and oxygen atoms in total. The molecule has 0 spiro atoms. The second-order valence-electron chi connectivity index (χ2n) is 8.12. The summed E-state index contributed by atoms with van der Waals surface area (Å²) in [5, 5.41) is 20.1. The zero-order chi connectivity index (χ0) is 24.1. The standard InChI is InChI=1S/C25H26ClF2N3O3/c26-21-13-20(34-12-11-32)6-8-23(21)31-10-9-30(15-24(31)17-1-3-18(27)4-2-17)16-25(33)22-7-5-19(28)14-29-22/h1-8,13-14,24-25,32-33H,9-12,15-16H2/t24-,25?/m0/s1. The minimum Gasteiger partial charge on any atom is -0.491 e. The Bertz CT molecular complexity index is 1090. The molecule has 2 heterocycles. The smallest absolute Gasteiger partial charge is 0.141 e. The van der Waals surface area contributed by atoms with E-state index in [4.69, 9.17) is 21.4 Å². The number of piperazine rings is 1. The van der Waals surface area contributed by atoms with Gasteiger partial charge in [0.1, 0.15) is 30.1 Å². The van der Waals surface area contributed by atoms with Gasteiger partial charge in [-0.05, 0) is 42.0 Å². The number of pyridine rings is 1. The van der Waals surface area contributed by atoms with Crippen LogP contribution in [0.4, 0.5) is 14.5 Å². The van der Waals surface area contributed by atoms with Gasteiger partial charge in [0.25, 0.3) is 0 Å². The van der Waals surface area contributed by atoms with Crippen LogP contribution >= 0.6 is 11.6 Å². The van der Waals surface area contributed by atoms with Gasteiger partial charge < -0.3 is 19.8 Å². The Hall–Kier alpha value is -2.78. The monoisotopic (exact) mass is 489 g/mol. The zero-order valence-electron chi connectivity index (χ0n) is 18.4. The van der Waals surface area contributed by atoms with Crippen LogP contribution in [0.5, 0.6) is 5.75 Å². The second-order valence-corrected chi connectivity index (χ2v) is 8.53. The van der Waals surface area contributed by atoms with Gasteiger partial charge in [0.05, 0.1) is 35.2 Å². The summed E-state index contributed by atoms with van der Waals surface area (Å²) in [6.45, 7) is 2.23. The third kappa shape index (κ3) is 5.82. The van der Waals surface area contributed by atoms with Gasteiger partial charge in [0.15, 0.2) is 0 Å². The van der Waals surface area contributed by atoms with E-state index in [0.29, 0.717) is 42.6 Å². The molecule has 1 aliphatic rings. The third-order valence-electron chi connectivity index (χ3n) is 5.83. The lowest BCUT2D eigenvalue weighted by Gasteiger charge is -2.44. The summed E-state index contributed by atoms with van der Waals surface area (Å²) < 4.78 is 32.2. The Morgan fingerprint density at radius 1 is 1.06 bits per heavy atom. The molecule has 1 saturated heterocycles. The number of halogens is 3. The van der Waals surface area contributed by atoms with E-state index in [1.165, 1.54) is 24.3 Å². The van der Waals surface area contributed by atoms with Crippen LogP contribution in [-0.4, -0.2) is 59.5 Å². The summed E-state index contributed by atoms with van der Waals surface area (Å²) in [4.78, 5) is 8.25. The highest BCUT2D eigenvalue weighted by Crippen LogP contribution is 2.37. The molecular formula is C25H26ClF2N3O3. The molecule has 1 aromatic heterocycles. The molecule has 3 aromatic rings. The van der Waals surface area contributed by atoms with Gasteiger partial charge in [-0.2, -0.15) is 0 Å². The Balaban J connectivity index is 1.55. The van der Waals surface area contributed by atoms with Gasteiger partial charge in [0, 0.05) is 32.2 Å². The lowest BCUT2D eigenvalue weighted by Crippen LogP contribution is -2.49. The van der Waals surface area contributed by atoms with Crippen molar-refractivity contribution in [2.24, 2.45) is 0 Å². The van der Waals surface area contributed by atoms with Crippen molar-refractivity contribution in [1.82, 2.24) is 9.88 Å². The largest absolute Gasteiger partial charge is 0.491 e. The van der Waals surface area contributed by atoms with Crippen LogP contribution in [0.2, 0.25) is 5.02 Å². The molecule has 9 heteroatoms. The number of ether oxygens (including phenoxy) is 1. The van der Waals surface area contributed by atoms with Gasteiger partial charge in [0.2, 0.25) is 0 Å². The lowest BCUT2D eigenvalue weighted by atomic mass is 10.0. The maximum absolute atomic E-state index is 13.6. The molecule has 2 atom stereocenters. The third-order valence-corrected chi connectivity index (χ3v) is 6.13. The molecule has 1 aliphatic heterocycles. The SMILES string of the molecule is OCCOc1ccc(N2CCN(CC(O)c3ccc(F)cn3)C[C@H]2c2ccc(F)cc2)c(Cl)c1. The molecule has 1 fully saturated rings. The molecule has 1 unspecified atom stereocenters. The molecular weight excluding hydrogens is 464 g/mol. The fourth-order valence-corrected chi connectivity index (χ4v) is 4.44. The normalized spacial score (nSPS) is 17.6. The summed E-state index contributed by atoms with van der Waals surface area (Å²) in [5.74, 6) is -0.204. The summed E-state index contributed by atoms with van der Waals surface area (Å²) >= 11 is 6.60. The van der Waals surface area contributed by atoms with Crippen LogP contribution in [0.25, 0.3) is 0 Å². The van der Waals surface area contributed by atoms with Crippen molar-refractivity contribution in [1.29, 1.82) is 0 Å². The number of aliphatic hydroxyl groups excluding tert-OH is 2. The Labute approximate surface area is 202 Å². The summed E-state index contributed by atoms with van der Waals surface area (Å²) in [6.07, 6.45) is 0.223. The molecule has 0 bridgehead atoms. The van der Waals surface area contributed by atoms with Crippen LogP contribution in [-0.2, 0) is 0 Å². The van der Waals surface area contributed by atoms with E-state index in [1.54, 1.807) is 24.3 Å². The zero-order valence-corrected chi connectivity index (χ0v) is 19.2. The van der Waals surface area contributed by atoms with Crippen molar-refractivity contribution in [3.8, 4) is 5.75 Å². The minimum atomic E-state index is -0.868. The number of aliphatic hydroxyl groups is 2. The molecule has 2 N–H and O–H groups in total. The van der Waals surface area contributed by atoms with Crippen LogP contribution in [0.15, 0.2) is 60.8 Å². The predicted molar refractivity (Wildman–Crippen MR) is 126 cm³/mol. The van der Waals surface area contributed by atoms with Crippen molar-refractivity contribution < 1.29 is 23.7 Å². The summed E-state index contributed by atoms with van der Waals surface area (Å²) in [7, 11) is 0. The van der Waals surface area contributed by atoms with Crippen molar-refractivity contribution in [2.75, 3.05) is 44.3 Å². The number of hydrogen-bond donors (Lipinski definition) is 2. The van der Waals surface area contributed by atoms with Crippen molar-refractivity contribution in [2.45, 2.75) is 12.1 Å². The predicted octanol–water partition coefficient (Wildman–Crippen LogP) is 3.98. The van der Waals surface area contributed by atoms with Crippen molar-refractivity contribution in [3.63, 3.8) is 0 Å². The highest BCUT2D eigenvalue weighted by atomic mass is 35.5. The highest BCUT2D eigenvalue weighted by molar-refractivity contribution is 6.33.